The van der Waals surface area contributed by atoms with Gasteiger partial charge < -0.3 is 10.4 Å². The summed E-state index contributed by atoms with van der Waals surface area (Å²) in [6.07, 6.45) is 0. The first-order chi connectivity index (χ1) is 9.11. The smallest absolute Gasteiger partial charge is 0.346 e. The van der Waals surface area contributed by atoms with E-state index in [9.17, 15) is 9.18 Å². The Labute approximate surface area is 112 Å². The molecule has 2 aromatic rings. The molecular formula is C13H9FN2O2S. The van der Waals surface area contributed by atoms with Crippen LogP contribution in [0.3, 0.4) is 0 Å². The van der Waals surface area contributed by atoms with Crippen molar-refractivity contribution < 1.29 is 14.3 Å². The van der Waals surface area contributed by atoms with Gasteiger partial charge in [0.25, 0.3) is 0 Å². The Kier molecular flexibility index (Phi) is 3.78. The molecule has 0 saturated heterocycles. The molecule has 0 aliphatic heterocycles. The van der Waals surface area contributed by atoms with Gasteiger partial charge in [0.05, 0.1) is 17.3 Å². The number of anilines is 1. The van der Waals surface area contributed by atoms with Crippen molar-refractivity contribution in [2.24, 2.45) is 0 Å². The van der Waals surface area contributed by atoms with Gasteiger partial charge in [-0.1, -0.05) is 0 Å². The fraction of sp³-hybridized carbons (Fsp3) is 0.0769. The maximum Gasteiger partial charge on any atom is 0.346 e. The fourth-order valence-electron chi connectivity index (χ4n) is 1.58. The molecule has 0 unspecified atom stereocenters. The van der Waals surface area contributed by atoms with Crippen LogP contribution in [0.4, 0.5) is 10.1 Å². The summed E-state index contributed by atoms with van der Waals surface area (Å²) in [5.74, 6) is -1.53. The Bertz CT molecular complexity index is 661. The summed E-state index contributed by atoms with van der Waals surface area (Å²) in [6.45, 7) is 0.216. The Morgan fingerprint density at radius 3 is 2.89 bits per heavy atom. The molecule has 2 rings (SSSR count). The Morgan fingerprint density at radius 2 is 2.26 bits per heavy atom. The standard InChI is InChI=1S/C13H9FN2O2S/c14-10-5-8(6-15)1-2-11(10)16-7-9-3-4-19-12(9)13(17)18/h1-5,16H,7H2,(H,17,18). The zero-order valence-electron chi connectivity index (χ0n) is 9.68. The zero-order chi connectivity index (χ0) is 13.8. The van der Waals surface area contributed by atoms with Crippen LogP contribution in [0, 0.1) is 17.1 Å². The maximum atomic E-state index is 13.6. The fourth-order valence-corrected chi connectivity index (χ4v) is 2.34. The normalized spacial score (nSPS) is 9.89. The number of nitrogens with one attached hydrogen (secondary N) is 1. The summed E-state index contributed by atoms with van der Waals surface area (Å²) in [5, 5.41) is 22.1. The van der Waals surface area contributed by atoms with E-state index in [-0.39, 0.29) is 22.7 Å². The van der Waals surface area contributed by atoms with E-state index in [2.05, 4.69) is 5.32 Å². The van der Waals surface area contributed by atoms with Gasteiger partial charge in [-0.2, -0.15) is 5.26 Å². The SMILES string of the molecule is N#Cc1ccc(NCc2ccsc2C(=O)O)c(F)c1. The number of hydrogen-bond acceptors (Lipinski definition) is 4. The molecule has 6 heteroatoms. The van der Waals surface area contributed by atoms with Gasteiger partial charge in [0.2, 0.25) is 0 Å². The maximum absolute atomic E-state index is 13.6. The number of halogens is 1. The Hall–Kier alpha value is -2.39. The van der Waals surface area contributed by atoms with Crippen molar-refractivity contribution in [1.82, 2.24) is 0 Å². The summed E-state index contributed by atoms with van der Waals surface area (Å²) >= 11 is 1.13. The molecule has 0 atom stereocenters. The lowest BCUT2D eigenvalue weighted by Crippen LogP contribution is -2.05. The highest BCUT2D eigenvalue weighted by atomic mass is 32.1. The number of aromatic carboxylic acids is 1. The number of carboxylic acids is 1. The van der Waals surface area contributed by atoms with Crippen molar-refractivity contribution in [3.05, 3.63) is 51.5 Å². The molecule has 1 aromatic carbocycles. The van der Waals surface area contributed by atoms with E-state index in [1.165, 1.54) is 12.1 Å². The first-order valence-corrected chi connectivity index (χ1v) is 6.23. The quantitative estimate of drug-likeness (QED) is 0.900. The minimum absolute atomic E-state index is 0.216. The van der Waals surface area contributed by atoms with Crippen molar-refractivity contribution in [2.45, 2.75) is 6.54 Å². The van der Waals surface area contributed by atoms with E-state index >= 15 is 0 Å². The molecular weight excluding hydrogens is 267 g/mol. The van der Waals surface area contributed by atoms with Crippen LogP contribution >= 0.6 is 11.3 Å². The first-order valence-electron chi connectivity index (χ1n) is 5.35. The molecule has 1 aromatic heterocycles. The molecule has 1 heterocycles. The summed E-state index contributed by atoms with van der Waals surface area (Å²) in [6, 6.07) is 7.62. The molecule has 2 N–H and O–H groups in total. The number of nitriles is 1. The number of carbonyl (C=O) groups is 1. The van der Waals surface area contributed by atoms with E-state index < -0.39 is 11.8 Å². The van der Waals surface area contributed by atoms with Crippen LogP contribution in [0.25, 0.3) is 0 Å². The molecule has 0 bridgehead atoms. The second-order valence-electron chi connectivity index (χ2n) is 3.74. The minimum atomic E-state index is -0.993. The van der Waals surface area contributed by atoms with E-state index in [1.54, 1.807) is 11.4 Å². The molecule has 0 radical (unpaired) electrons. The van der Waals surface area contributed by atoms with E-state index in [4.69, 9.17) is 10.4 Å². The van der Waals surface area contributed by atoms with Crippen molar-refractivity contribution >= 4 is 23.0 Å². The summed E-state index contributed by atoms with van der Waals surface area (Å²) in [4.78, 5) is 11.2. The average Bonchev–Trinajstić information content (AvgIpc) is 2.85. The lowest BCUT2D eigenvalue weighted by Gasteiger charge is -2.07. The molecule has 0 fully saturated rings. The van der Waals surface area contributed by atoms with Crippen LogP contribution < -0.4 is 5.32 Å². The predicted octanol–water partition coefficient (Wildman–Crippen LogP) is 3.07. The minimum Gasteiger partial charge on any atom is -0.477 e. The molecule has 0 aliphatic carbocycles. The lowest BCUT2D eigenvalue weighted by atomic mass is 10.2. The molecule has 0 spiro atoms. The van der Waals surface area contributed by atoms with Crippen molar-refractivity contribution in [2.75, 3.05) is 5.32 Å². The van der Waals surface area contributed by atoms with E-state index in [1.807, 2.05) is 6.07 Å². The zero-order valence-corrected chi connectivity index (χ0v) is 10.5. The van der Waals surface area contributed by atoms with Crippen molar-refractivity contribution in [3.63, 3.8) is 0 Å². The second kappa shape index (κ2) is 5.50. The van der Waals surface area contributed by atoms with Gasteiger partial charge in [0.1, 0.15) is 10.7 Å². The van der Waals surface area contributed by atoms with Crippen molar-refractivity contribution in [3.8, 4) is 6.07 Å². The molecule has 96 valence electrons. The highest BCUT2D eigenvalue weighted by Gasteiger charge is 2.12. The third-order valence-corrected chi connectivity index (χ3v) is 3.45. The number of carboxylic acid groups (broad SMARTS) is 1. The molecule has 0 amide bonds. The summed E-state index contributed by atoms with van der Waals surface area (Å²) in [5.41, 5.74) is 1.08. The highest BCUT2D eigenvalue weighted by Crippen LogP contribution is 2.20. The topological polar surface area (TPSA) is 73.1 Å². The van der Waals surface area contributed by atoms with Gasteiger partial charge in [-0.3, -0.25) is 0 Å². The Morgan fingerprint density at radius 1 is 1.47 bits per heavy atom. The third kappa shape index (κ3) is 2.89. The summed E-state index contributed by atoms with van der Waals surface area (Å²) < 4.78 is 13.6. The van der Waals surface area contributed by atoms with Crippen LogP contribution in [0.15, 0.2) is 29.6 Å². The van der Waals surface area contributed by atoms with Crippen LogP contribution in [0.2, 0.25) is 0 Å². The van der Waals surface area contributed by atoms with Crippen molar-refractivity contribution in [1.29, 1.82) is 5.26 Å². The second-order valence-corrected chi connectivity index (χ2v) is 4.66. The molecule has 4 nitrogen and oxygen atoms in total. The van der Waals surface area contributed by atoms with Gasteiger partial charge in [-0.15, -0.1) is 11.3 Å². The van der Waals surface area contributed by atoms with E-state index in [0.29, 0.717) is 5.56 Å². The van der Waals surface area contributed by atoms with Gasteiger partial charge >= 0.3 is 5.97 Å². The van der Waals surface area contributed by atoms with Gasteiger partial charge in [-0.05, 0) is 35.2 Å². The first kappa shape index (κ1) is 13.1. The number of nitrogens with zero attached hydrogens (tertiary/aromatic N) is 1. The van der Waals surface area contributed by atoms with Gasteiger partial charge in [0.15, 0.2) is 0 Å². The average molecular weight is 276 g/mol. The van der Waals surface area contributed by atoms with Gasteiger partial charge in [0, 0.05) is 6.54 Å². The third-order valence-electron chi connectivity index (χ3n) is 2.51. The predicted molar refractivity (Wildman–Crippen MR) is 69.7 cm³/mol. The highest BCUT2D eigenvalue weighted by molar-refractivity contribution is 7.12. The van der Waals surface area contributed by atoms with Crippen LogP contribution in [-0.4, -0.2) is 11.1 Å². The summed E-state index contributed by atoms with van der Waals surface area (Å²) in [7, 11) is 0. The molecule has 0 aliphatic rings. The van der Waals surface area contributed by atoms with E-state index in [0.717, 1.165) is 17.4 Å². The lowest BCUT2D eigenvalue weighted by molar-refractivity contribution is 0.0701. The number of hydrogen-bond donors (Lipinski definition) is 2. The largest absolute Gasteiger partial charge is 0.477 e. The monoisotopic (exact) mass is 276 g/mol. The van der Waals surface area contributed by atoms with Crippen LogP contribution in [0.1, 0.15) is 20.8 Å². The Balaban J connectivity index is 2.13. The molecule has 19 heavy (non-hydrogen) atoms. The van der Waals surface area contributed by atoms with Crippen LogP contribution in [-0.2, 0) is 6.54 Å². The molecule has 0 saturated carbocycles. The van der Waals surface area contributed by atoms with Gasteiger partial charge in [-0.25, -0.2) is 9.18 Å². The number of benzene rings is 1. The number of thiophene rings is 1. The number of rotatable bonds is 4. The van der Waals surface area contributed by atoms with Crippen LogP contribution in [0.5, 0.6) is 0 Å².